The molecule has 2 aliphatic rings. The third-order valence-corrected chi connectivity index (χ3v) is 8.25. The number of carbonyl (C=O) groups is 2. The summed E-state index contributed by atoms with van der Waals surface area (Å²) in [4.78, 5) is 24.9. The number of para-hydroxylation sites is 1. The maximum absolute atomic E-state index is 13.4. The molecule has 0 bridgehead atoms. The number of sulfonamides is 1. The first-order valence-corrected chi connectivity index (χ1v) is 13.2. The number of amides is 2. The molecule has 0 spiro atoms. The summed E-state index contributed by atoms with van der Waals surface area (Å²) in [5.41, 5.74) is 1.99. The van der Waals surface area contributed by atoms with E-state index in [0.717, 1.165) is 44.1 Å². The van der Waals surface area contributed by atoms with Gasteiger partial charge < -0.3 is 10.6 Å². The Hall–Kier alpha value is -2.87. The molecule has 8 heteroatoms. The Balaban J connectivity index is 1.37. The summed E-state index contributed by atoms with van der Waals surface area (Å²) in [5, 5.41) is 5.66. The SMILES string of the molecule is O=C(NCCNC(=O)C1CCCCC1)c1cccc(S(=O)(=O)N2CCCc3ccccc32)c1. The Bertz CT molecular complexity index is 1110. The molecule has 1 aliphatic heterocycles. The van der Waals surface area contributed by atoms with Gasteiger partial charge in [0.25, 0.3) is 15.9 Å². The summed E-state index contributed by atoms with van der Waals surface area (Å²) in [6, 6.07) is 13.6. The Kier molecular flexibility index (Phi) is 7.33. The number of anilines is 1. The second-order valence-electron chi connectivity index (χ2n) is 8.72. The fraction of sp³-hybridized carbons (Fsp3) is 0.440. The topological polar surface area (TPSA) is 95.6 Å². The van der Waals surface area contributed by atoms with Crippen LogP contribution in [0, 0.1) is 5.92 Å². The molecule has 2 N–H and O–H groups in total. The number of carbonyl (C=O) groups excluding carboxylic acids is 2. The smallest absolute Gasteiger partial charge is 0.264 e. The molecule has 2 aromatic rings. The molecule has 1 saturated carbocycles. The van der Waals surface area contributed by atoms with E-state index >= 15 is 0 Å². The third kappa shape index (κ3) is 5.38. The van der Waals surface area contributed by atoms with Crippen molar-refractivity contribution in [1.82, 2.24) is 10.6 Å². The molecule has 2 aromatic carbocycles. The Morgan fingerprint density at radius 1 is 0.909 bits per heavy atom. The van der Waals surface area contributed by atoms with Gasteiger partial charge in [0.15, 0.2) is 0 Å². The maximum atomic E-state index is 13.4. The second-order valence-corrected chi connectivity index (χ2v) is 10.6. The first kappa shape index (κ1) is 23.3. The average molecular weight is 470 g/mol. The lowest BCUT2D eigenvalue weighted by atomic mass is 9.89. The highest BCUT2D eigenvalue weighted by Crippen LogP contribution is 2.32. The van der Waals surface area contributed by atoms with Gasteiger partial charge >= 0.3 is 0 Å². The van der Waals surface area contributed by atoms with Crippen LogP contribution in [0.25, 0.3) is 0 Å². The minimum Gasteiger partial charge on any atom is -0.354 e. The minimum atomic E-state index is -3.78. The van der Waals surface area contributed by atoms with Crippen LogP contribution in [0.15, 0.2) is 53.4 Å². The van der Waals surface area contributed by atoms with Crippen LogP contribution in [0.3, 0.4) is 0 Å². The zero-order valence-electron chi connectivity index (χ0n) is 18.8. The highest BCUT2D eigenvalue weighted by molar-refractivity contribution is 7.92. The van der Waals surface area contributed by atoms with Gasteiger partial charge in [-0.15, -0.1) is 0 Å². The van der Waals surface area contributed by atoms with Gasteiger partial charge in [0.2, 0.25) is 5.91 Å². The summed E-state index contributed by atoms with van der Waals surface area (Å²) >= 11 is 0. The molecule has 0 aromatic heterocycles. The van der Waals surface area contributed by atoms with Gasteiger partial charge in [-0.05, 0) is 55.5 Å². The lowest BCUT2D eigenvalue weighted by molar-refractivity contribution is -0.125. The molecule has 1 heterocycles. The number of rotatable bonds is 7. The molecular formula is C25H31N3O4S. The van der Waals surface area contributed by atoms with E-state index in [1.807, 2.05) is 24.3 Å². The number of aryl methyl sites for hydroxylation is 1. The van der Waals surface area contributed by atoms with Crippen molar-refractivity contribution in [2.75, 3.05) is 23.9 Å². The molecule has 176 valence electrons. The van der Waals surface area contributed by atoms with Crippen LogP contribution < -0.4 is 14.9 Å². The highest BCUT2D eigenvalue weighted by Gasteiger charge is 2.29. The maximum Gasteiger partial charge on any atom is 0.264 e. The summed E-state index contributed by atoms with van der Waals surface area (Å²) in [6.45, 7) is 1.05. The van der Waals surface area contributed by atoms with Gasteiger partial charge in [0.05, 0.1) is 10.6 Å². The van der Waals surface area contributed by atoms with Crippen LogP contribution in [0.5, 0.6) is 0 Å². The molecule has 4 rings (SSSR count). The average Bonchev–Trinajstić information content (AvgIpc) is 2.86. The largest absolute Gasteiger partial charge is 0.354 e. The first-order valence-electron chi connectivity index (χ1n) is 11.7. The predicted octanol–water partition coefficient (Wildman–Crippen LogP) is 3.25. The fourth-order valence-corrected chi connectivity index (χ4v) is 6.23. The number of benzene rings is 2. The molecule has 1 aliphatic carbocycles. The zero-order valence-corrected chi connectivity index (χ0v) is 19.6. The zero-order chi connectivity index (χ0) is 23.3. The summed E-state index contributed by atoms with van der Waals surface area (Å²) < 4.78 is 28.1. The van der Waals surface area contributed by atoms with Crippen molar-refractivity contribution < 1.29 is 18.0 Å². The predicted molar refractivity (Wildman–Crippen MR) is 128 cm³/mol. The molecular weight excluding hydrogens is 438 g/mol. The summed E-state index contributed by atoms with van der Waals surface area (Å²) in [5.74, 6) is -0.229. The van der Waals surface area contributed by atoms with Crippen LogP contribution in [0.2, 0.25) is 0 Å². The Labute approximate surface area is 195 Å². The molecule has 2 amide bonds. The van der Waals surface area contributed by atoms with E-state index in [-0.39, 0.29) is 34.7 Å². The van der Waals surface area contributed by atoms with E-state index in [1.54, 1.807) is 12.1 Å². The number of nitrogens with one attached hydrogen (secondary N) is 2. The van der Waals surface area contributed by atoms with Gasteiger partial charge in [-0.3, -0.25) is 13.9 Å². The van der Waals surface area contributed by atoms with E-state index in [0.29, 0.717) is 18.8 Å². The van der Waals surface area contributed by atoms with Gasteiger partial charge in [-0.2, -0.15) is 0 Å². The number of hydrogen-bond donors (Lipinski definition) is 2. The minimum absolute atomic E-state index is 0.0545. The number of fused-ring (bicyclic) bond motifs is 1. The molecule has 0 radical (unpaired) electrons. The third-order valence-electron chi connectivity index (χ3n) is 6.44. The Morgan fingerprint density at radius 3 is 2.48 bits per heavy atom. The summed E-state index contributed by atoms with van der Waals surface area (Å²) in [7, 11) is -3.78. The van der Waals surface area contributed by atoms with Crippen molar-refractivity contribution in [2.45, 2.75) is 49.8 Å². The quantitative estimate of drug-likeness (QED) is 0.609. The number of nitrogens with zero attached hydrogens (tertiary/aromatic N) is 1. The van der Waals surface area contributed by atoms with Crippen LogP contribution >= 0.6 is 0 Å². The van der Waals surface area contributed by atoms with E-state index in [9.17, 15) is 18.0 Å². The monoisotopic (exact) mass is 469 g/mol. The van der Waals surface area contributed by atoms with Gasteiger partial charge in [-0.1, -0.05) is 43.5 Å². The van der Waals surface area contributed by atoms with Crippen LogP contribution in [-0.4, -0.2) is 39.9 Å². The normalized spacial score (nSPS) is 16.7. The van der Waals surface area contributed by atoms with E-state index in [4.69, 9.17) is 0 Å². The molecule has 0 atom stereocenters. The van der Waals surface area contributed by atoms with Crippen molar-refractivity contribution in [3.63, 3.8) is 0 Å². The van der Waals surface area contributed by atoms with Crippen molar-refractivity contribution in [3.8, 4) is 0 Å². The molecule has 0 saturated heterocycles. The van der Waals surface area contributed by atoms with E-state index in [2.05, 4.69) is 10.6 Å². The highest BCUT2D eigenvalue weighted by atomic mass is 32.2. The van der Waals surface area contributed by atoms with Crippen LogP contribution in [-0.2, 0) is 21.2 Å². The lowest BCUT2D eigenvalue weighted by Gasteiger charge is -2.30. The lowest BCUT2D eigenvalue weighted by Crippen LogP contribution is -2.38. The standard InChI is InChI=1S/C25H31N3O4S/c29-24(20-9-2-1-3-10-20)26-15-16-27-25(30)21-11-6-13-22(18-21)33(31,32)28-17-7-12-19-8-4-5-14-23(19)28/h4-6,8,11,13-14,18,20H,1-3,7,9-10,12,15-17H2,(H,26,29)(H,27,30). The molecule has 0 unspecified atom stereocenters. The van der Waals surface area contributed by atoms with E-state index in [1.165, 1.54) is 22.9 Å². The molecule has 1 fully saturated rings. The fourth-order valence-electron chi connectivity index (χ4n) is 4.65. The van der Waals surface area contributed by atoms with Crippen LogP contribution in [0.1, 0.15) is 54.4 Å². The molecule has 33 heavy (non-hydrogen) atoms. The van der Waals surface area contributed by atoms with Gasteiger partial charge in [0, 0.05) is 31.1 Å². The van der Waals surface area contributed by atoms with Crippen molar-refractivity contribution >= 4 is 27.5 Å². The number of hydrogen-bond acceptors (Lipinski definition) is 4. The van der Waals surface area contributed by atoms with Crippen molar-refractivity contribution in [2.24, 2.45) is 5.92 Å². The van der Waals surface area contributed by atoms with Crippen LogP contribution in [0.4, 0.5) is 5.69 Å². The van der Waals surface area contributed by atoms with Crippen molar-refractivity contribution in [3.05, 3.63) is 59.7 Å². The first-order chi connectivity index (χ1) is 16.0. The second kappa shape index (κ2) is 10.4. The van der Waals surface area contributed by atoms with Crippen molar-refractivity contribution in [1.29, 1.82) is 0 Å². The summed E-state index contributed by atoms with van der Waals surface area (Å²) in [6.07, 6.45) is 6.85. The van der Waals surface area contributed by atoms with E-state index < -0.39 is 10.0 Å². The van der Waals surface area contributed by atoms with Gasteiger partial charge in [-0.25, -0.2) is 8.42 Å². The van der Waals surface area contributed by atoms with Gasteiger partial charge in [0.1, 0.15) is 0 Å². The Morgan fingerprint density at radius 2 is 1.67 bits per heavy atom. The molecule has 7 nitrogen and oxygen atoms in total.